The van der Waals surface area contributed by atoms with E-state index in [1.54, 1.807) is 30.7 Å². The van der Waals surface area contributed by atoms with E-state index in [0.717, 1.165) is 24.3 Å². The Bertz CT molecular complexity index is 524. The second-order valence-corrected chi connectivity index (χ2v) is 4.15. The molecule has 0 fully saturated rings. The molecule has 2 aromatic heterocycles. The highest BCUT2D eigenvalue weighted by Crippen LogP contribution is 2.07. The van der Waals surface area contributed by atoms with Gasteiger partial charge in [-0.25, -0.2) is 4.98 Å². The van der Waals surface area contributed by atoms with Crippen LogP contribution in [0.3, 0.4) is 0 Å². The highest BCUT2D eigenvalue weighted by Gasteiger charge is 2.06. The average Bonchev–Trinajstić information content (AvgIpc) is 2.96. The molecule has 0 aliphatic carbocycles. The molecular weight excluding hydrogens is 242 g/mol. The normalized spacial score (nSPS) is 10.2. The predicted octanol–water partition coefficient (Wildman–Crippen LogP) is 1.56. The van der Waals surface area contributed by atoms with Crippen molar-refractivity contribution in [2.24, 2.45) is 0 Å². The molecule has 0 saturated heterocycles. The third-order valence-electron chi connectivity index (χ3n) is 2.59. The first-order valence-corrected chi connectivity index (χ1v) is 6.25. The van der Waals surface area contributed by atoms with Gasteiger partial charge >= 0.3 is 0 Å². The first kappa shape index (κ1) is 13.1. The molecule has 6 nitrogen and oxygen atoms in total. The number of hydrogen-bond acceptors (Lipinski definition) is 4. The topological polar surface area (TPSA) is 82.7 Å². The van der Waals surface area contributed by atoms with Crippen molar-refractivity contribution in [2.45, 2.75) is 19.9 Å². The van der Waals surface area contributed by atoms with Gasteiger partial charge in [0.1, 0.15) is 5.82 Å². The summed E-state index contributed by atoms with van der Waals surface area (Å²) < 4.78 is 0. The number of nitrogens with one attached hydrogen (secondary N) is 3. The van der Waals surface area contributed by atoms with Gasteiger partial charge in [-0.1, -0.05) is 6.92 Å². The quantitative estimate of drug-likeness (QED) is 0.735. The van der Waals surface area contributed by atoms with Crippen LogP contribution in [0.1, 0.15) is 29.3 Å². The summed E-state index contributed by atoms with van der Waals surface area (Å²) in [6.07, 6.45) is 6.07. The van der Waals surface area contributed by atoms with Gasteiger partial charge in [0.25, 0.3) is 5.91 Å². The number of nitrogens with zero attached hydrogens (tertiary/aromatic N) is 2. The molecule has 0 saturated carbocycles. The number of hydrogen-bond donors (Lipinski definition) is 3. The molecule has 100 valence electrons. The average molecular weight is 259 g/mol. The lowest BCUT2D eigenvalue weighted by Crippen LogP contribution is -2.22. The maximum absolute atomic E-state index is 12.0. The summed E-state index contributed by atoms with van der Waals surface area (Å²) in [7, 11) is 0. The molecule has 19 heavy (non-hydrogen) atoms. The Kier molecular flexibility index (Phi) is 4.49. The van der Waals surface area contributed by atoms with E-state index in [0.29, 0.717) is 12.1 Å². The predicted molar refractivity (Wildman–Crippen MR) is 72.8 cm³/mol. The van der Waals surface area contributed by atoms with Crippen LogP contribution < -0.4 is 10.6 Å². The fraction of sp³-hybridized carbons (Fsp3) is 0.308. The van der Waals surface area contributed by atoms with Crippen molar-refractivity contribution in [3.8, 4) is 0 Å². The van der Waals surface area contributed by atoms with E-state index in [9.17, 15) is 4.79 Å². The zero-order chi connectivity index (χ0) is 13.5. The fourth-order valence-corrected chi connectivity index (χ4v) is 1.58. The maximum Gasteiger partial charge on any atom is 0.251 e. The number of pyridine rings is 1. The molecule has 0 unspecified atom stereocenters. The number of aromatic nitrogens is 3. The molecule has 0 aliphatic rings. The first-order valence-electron chi connectivity index (χ1n) is 6.25. The van der Waals surface area contributed by atoms with Gasteiger partial charge in [0.2, 0.25) is 0 Å². The fourth-order valence-electron chi connectivity index (χ4n) is 1.58. The van der Waals surface area contributed by atoms with Gasteiger partial charge < -0.3 is 10.6 Å². The Morgan fingerprint density at radius 1 is 1.47 bits per heavy atom. The summed E-state index contributed by atoms with van der Waals surface area (Å²) in [6.45, 7) is 3.37. The van der Waals surface area contributed by atoms with Crippen molar-refractivity contribution < 1.29 is 4.79 Å². The molecule has 2 rings (SSSR count). The lowest BCUT2D eigenvalue weighted by Gasteiger charge is -2.07. The van der Waals surface area contributed by atoms with Crippen LogP contribution in [0.25, 0.3) is 0 Å². The van der Waals surface area contributed by atoms with Crippen LogP contribution in [-0.4, -0.2) is 27.6 Å². The van der Waals surface area contributed by atoms with Gasteiger partial charge in [-0.2, -0.15) is 5.10 Å². The summed E-state index contributed by atoms with van der Waals surface area (Å²) in [4.78, 5) is 16.1. The smallest absolute Gasteiger partial charge is 0.251 e. The van der Waals surface area contributed by atoms with Crippen LogP contribution in [0.2, 0.25) is 0 Å². The van der Waals surface area contributed by atoms with Crippen molar-refractivity contribution >= 4 is 11.7 Å². The van der Waals surface area contributed by atoms with Crippen LogP contribution in [0.15, 0.2) is 30.7 Å². The van der Waals surface area contributed by atoms with Gasteiger partial charge in [0.05, 0.1) is 6.20 Å². The number of amides is 1. The van der Waals surface area contributed by atoms with Crippen LogP contribution in [0.4, 0.5) is 5.82 Å². The van der Waals surface area contributed by atoms with Crippen molar-refractivity contribution in [1.29, 1.82) is 0 Å². The molecule has 0 atom stereocenters. The zero-order valence-electron chi connectivity index (χ0n) is 10.8. The standard InChI is InChI=1S/C13H17N5O/c1-2-4-14-12-6-11(3-5-15-12)13(19)16-7-10-8-17-18-9-10/h3,5-6,8-9H,2,4,7H2,1H3,(H,14,15)(H,16,19)(H,17,18). The minimum Gasteiger partial charge on any atom is -0.370 e. The molecule has 0 bridgehead atoms. The van der Waals surface area contributed by atoms with Crippen LogP contribution in [-0.2, 0) is 6.54 Å². The van der Waals surface area contributed by atoms with E-state index in [2.05, 4.69) is 32.7 Å². The number of carbonyl (C=O) groups is 1. The summed E-state index contributed by atoms with van der Waals surface area (Å²) in [5.74, 6) is 0.598. The Balaban J connectivity index is 1.94. The van der Waals surface area contributed by atoms with E-state index < -0.39 is 0 Å². The van der Waals surface area contributed by atoms with Crippen molar-refractivity contribution in [1.82, 2.24) is 20.5 Å². The minimum absolute atomic E-state index is 0.122. The van der Waals surface area contributed by atoms with Gasteiger partial charge in [-0.3, -0.25) is 9.89 Å². The minimum atomic E-state index is -0.122. The van der Waals surface area contributed by atoms with Crippen molar-refractivity contribution in [2.75, 3.05) is 11.9 Å². The van der Waals surface area contributed by atoms with Crippen LogP contribution >= 0.6 is 0 Å². The van der Waals surface area contributed by atoms with Gasteiger partial charge in [0.15, 0.2) is 0 Å². The Labute approximate surface area is 111 Å². The van der Waals surface area contributed by atoms with E-state index in [1.165, 1.54) is 0 Å². The summed E-state index contributed by atoms with van der Waals surface area (Å²) in [5.41, 5.74) is 1.53. The lowest BCUT2D eigenvalue weighted by molar-refractivity contribution is 0.0951. The van der Waals surface area contributed by atoms with Gasteiger partial charge in [-0.05, 0) is 18.6 Å². The van der Waals surface area contributed by atoms with Gasteiger partial charge in [-0.15, -0.1) is 0 Å². The Morgan fingerprint density at radius 2 is 2.37 bits per heavy atom. The van der Waals surface area contributed by atoms with E-state index in [-0.39, 0.29) is 5.91 Å². The van der Waals surface area contributed by atoms with Crippen molar-refractivity contribution in [3.05, 3.63) is 41.9 Å². The molecule has 0 aromatic carbocycles. The second-order valence-electron chi connectivity index (χ2n) is 4.15. The maximum atomic E-state index is 12.0. The monoisotopic (exact) mass is 259 g/mol. The summed E-state index contributed by atoms with van der Waals surface area (Å²) in [6, 6.07) is 3.45. The van der Waals surface area contributed by atoms with Crippen LogP contribution in [0.5, 0.6) is 0 Å². The molecule has 2 heterocycles. The number of H-pyrrole nitrogens is 1. The van der Waals surface area contributed by atoms with Crippen molar-refractivity contribution in [3.63, 3.8) is 0 Å². The molecule has 2 aromatic rings. The van der Waals surface area contributed by atoms with E-state index in [1.807, 2.05) is 0 Å². The largest absolute Gasteiger partial charge is 0.370 e. The highest BCUT2D eigenvalue weighted by molar-refractivity contribution is 5.94. The number of carbonyl (C=O) groups excluding carboxylic acids is 1. The SMILES string of the molecule is CCCNc1cc(C(=O)NCc2cn[nH]c2)ccn1. The number of aromatic amines is 1. The lowest BCUT2D eigenvalue weighted by atomic mass is 10.2. The Morgan fingerprint density at radius 3 is 3.11 bits per heavy atom. The Hall–Kier alpha value is -2.37. The molecular formula is C13H17N5O. The van der Waals surface area contributed by atoms with E-state index >= 15 is 0 Å². The van der Waals surface area contributed by atoms with Gasteiger partial charge in [0, 0.05) is 36.6 Å². The highest BCUT2D eigenvalue weighted by atomic mass is 16.1. The zero-order valence-corrected chi connectivity index (χ0v) is 10.8. The molecule has 0 aliphatic heterocycles. The number of rotatable bonds is 6. The third-order valence-corrected chi connectivity index (χ3v) is 2.59. The third kappa shape index (κ3) is 3.80. The molecule has 0 spiro atoms. The number of anilines is 1. The molecule has 3 N–H and O–H groups in total. The first-order chi connectivity index (χ1) is 9.29. The van der Waals surface area contributed by atoms with Crippen LogP contribution in [0, 0.1) is 0 Å². The molecule has 1 amide bonds. The molecule has 0 radical (unpaired) electrons. The van der Waals surface area contributed by atoms with E-state index in [4.69, 9.17) is 0 Å². The second kappa shape index (κ2) is 6.53. The summed E-state index contributed by atoms with van der Waals surface area (Å²) >= 11 is 0. The summed E-state index contributed by atoms with van der Waals surface area (Å²) in [5, 5.41) is 12.5. The molecule has 6 heteroatoms.